The van der Waals surface area contributed by atoms with Crippen molar-refractivity contribution in [2.75, 3.05) is 13.7 Å². The van der Waals surface area contributed by atoms with E-state index < -0.39 is 0 Å². The summed E-state index contributed by atoms with van der Waals surface area (Å²) in [4.78, 5) is 0. The first kappa shape index (κ1) is 13.5. The maximum absolute atomic E-state index is 5.46. The van der Waals surface area contributed by atoms with E-state index in [9.17, 15) is 0 Å². The van der Waals surface area contributed by atoms with E-state index in [1.54, 1.807) is 13.3 Å². The summed E-state index contributed by atoms with van der Waals surface area (Å²) < 4.78 is 5.46. The van der Waals surface area contributed by atoms with Crippen LogP contribution in [0.2, 0.25) is 0 Å². The van der Waals surface area contributed by atoms with Gasteiger partial charge in [-0.25, -0.2) is 0 Å². The van der Waals surface area contributed by atoms with Crippen molar-refractivity contribution >= 4 is 0 Å². The fourth-order valence-electron chi connectivity index (χ4n) is 2.09. The first-order valence-corrected chi connectivity index (χ1v) is 6.49. The highest BCUT2D eigenvalue weighted by molar-refractivity contribution is 5.42. The molecule has 102 valence electrons. The van der Waals surface area contributed by atoms with E-state index in [0.29, 0.717) is 0 Å². The average Bonchev–Trinajstić information content (AvgIpc) is 2.93. The Morgan fingerprint density at radius 3 is 2.89 bits per heavy atom. The number of aromatic amines is 1. The third-order valence-corrected chi connectivity index (χ3v) is 3.02. The molecule has 5 heteroatoms. The van der Waals surface area contributed by atoms with Crippen molar-refractivity contribution < 1.29 is 4.74 Å². The summed E-state index contributed by atoms with van der Waals surface area (Å²) >= 11 is 0. The first-order valence-electron chi connectivity index (χ1n) is 6.49. The SMILES string of the molecule is CCCNC(c1cn[nH]n1)c1cc(C)ccc1OC. The molecule has 2 aromatic rings. The van der Waals surface area contributed by atoms with Crippen LogP contribution in [0.15, 0.2) is 24.4 Å². The van der Waals surface area contributed by atoms with Gasteiger partial charge in [-0.2, -0.15) is 15.4 Å². The monoisotopic (exact) mass is 260 g/mol. The molecule has 0 fully saturated rings. The standard InChI is InChI=1S/C14H20N4O/c1-4-7-15-14(12-9-16-18-17-12)11-8-10(2)5-6-13(11)19-3/h5-6,8-9,14-15H,4,7H2,1-3H3,(H,16,17,18). The van der Waals surface area contributed by atoms with E-state index in [1.165, 1.54) is 5.56 Å². The molecule has 1 aromatic carbocycles. The lowest BCUT2D eigenvalue weighted by atomic mass is 10.0. The molecule has 0 aliphatic rings. The Hall–Kier alpha value is -1.88. The van der Waals surface area contributed by atoms with E-state index >= 15 is 0 Å². The van der Waals surface area contributed by atoms with E-state index in [1.807, 2.05) is 12.1 Å². The topological polar surface area (TPSA) is 62.8 Å². The Morgan fingerprint density at radius 1 is 1.42 bits per heavy atom. The zero-order valence-electron chi connectivity index (χ0n) is 11.6. The highest BCUT2D eigenvalue weighted by Crippen LogP contribution is 2.29. The largest absolute Gasteiger partial charge is 0.496 e. The van der Waals surface area contributed by atoms with Crippen LogP contribution < -0.4 is 10.1 Å². The number of hydrogen-bond donors (Lipinski definition) is 2. The van der Waals surface area contributed by atoms with E-state index in [2.05, 4.69) is 40.6 Å². The van der Waals surface area contributed by atoms with Gasteiger partial charge in [0.2, 0.25) is 0 Å². The quantitative estimate of drug-likeness (QED) is 0.836. The van der Waals surface area contributed by atoms with E-state index in [0.717, 1.165) is 30.0 Å². The van der Waals surface area contributed by atoms with Gasteiger partial charge in [0, 0.05) is 5.56 Å². The fraction of sp³-hybridized carbons (Fsp3) is 0.429. The summed E-state index contributed by atoms with van der Waals surface area (Å²) in [5.41, 5.74) is 3.16. The second-order valence-electron chi connectivity index (χ2n) is 4.53. The summed E-state index contributed by atoms with van der Waals surface area (Å²) in [6, 6.07) is 6.15. The lowest BCUT2D eigenvalue weighted by Crippen LogP contribution is -2.24. The maximum Gasteiger partial charge on any atom is 0.124 e. The van der Waals surface area contributed by atoms with Crippen molar-refractivity contribution in [1.82, 2.24) is 20.7 Å². The van der Waals surface area contributed by atoms with Crippen LogP contribution >= 0.6 is 0 Å². The number of nitrogens with one attached hydrogen (secondary N) is 2. The molecule has 0 radical (unpaired) electrons. The summed E-state index contributed by atoms with van der Waals surface area (Å²) in [5.74, 6) is 0.863. The predicted octanol–water partition coefficient (Wildman–Crippen LogP) is 2.21. The lowest BCUT2D eigenvalue weighted by Gasteiger charge is -2.19. The van der Waals surface area contributed by atoms with Gasteiger partial charge in [0.05, 0.1) is 19.3 Å². The summed E-state index contributed by atoms with van der Waals surface area (Å²) in [7, 11) is 1.69. The minimum Gasteiger partial charge on any atom is -0.496 e. The molecular weight excluding hydrogens is 240 g/mol. The zero-order valence-corrected chi connectivity index (χ0v) is 11.6. The number of rotatable bonds is 6. The van der Waals surface area contributed by atoms with Crippen LogP contribution in [0.5, 0.6) is 5.75 Å². The predicted molar refractivity (Wildman–Crippen MR) is 74.3 cm³/mol. The molecule has 1 atom stereocenters. The number of nitrogens with zero attached hydrogens (tertiary/aromatic N) is 2. The Morgan fingerprint density at radius 2 is 2.26 bits per heavy atom. The van der Waals surface area contributed by atoms with Gasteiger partial charge in [-0.05, 0) is 26.0 Å². The molecule has 2 rings (SSSR count). The molecule has 0 amide bonds. The van der Waals surface area contributed by atoms with Gasteiger partial charge in [0.1, 0.15) is 11.4 Å². The molecule has 19 heavy (non-hydrogen) atoms. The lowest BCUT2D eigenvalue weighted by molar-refractivity contribution is 0.403. The van der Waals surface area contributed by atoms with Crippen LogP contribution in [0.3, 0.4) is 0 Å². The van der Waals surface area contributed by atoms with Crippen molar-refractivity contribution in [1.29, 1.82) is 0 Å². The number of benzene rings is 1. The van der Waals surface area contributed by atoms with Crippen LogP contribution in [-0.2, 0) is 0 Å². The second kappa shape index (κ2) is 6.33. The molecule has 1 unspecified atom stereocenters. The van der Waals surface area contributed by atoms with Crippen LogP contribution in [-0.4, -0.2) is 29.1 Å². The molecule has 0 aliphatic heterocycles. The van der Waals surface area contributed by atoms with Gasteiger partial charge < -0.3 is 10.1 Å². The Bertz CT molecular complexity index is 510. The van der Waals surface area contributed by atoms with Crippen LogP contribution in [0.4, 0.5) is 0 Å². The Labute approximate surface area is 113 Å². The number of hydrogen-bond acceptors (Lipinski definition) is 4. The Kier molecular flexibility index (Phi) is 4.52. The van der Waals surface area contributed by atoms with Crippen molar-refractivity contribution in [3.63, 3.8) is 0 Å². The van der Waals surface area contributed by atoms with Gasteiger partial charge in [0.15, 0.2) is 0 Å². The van der Waals surface area contributed by atoms with Gasteiger partial charge in [-0.1, -0.05) is 24.6 Å². The van der Waals surface area contributed by atoms with Crippen LogP contribution in [0.25, 0.3) is 0 Å². The molecule has 0 saturated heterocycles. The maximum atomic E-state index is 5.46. The number of H-pyrrole nitrogens is 1. The number of aryl methyl sites for hydroxylation is 1. The van der Waals surface area contributed by atoms with Crippen molar-refractivity contribution in [3.05, 3.63) is 41.2 Å². The highest BCUT2D eigenvalue weighted by Gasteiger charge is 2.20. The third kappa shape index (κ3) is 3.12. The molecule has 5 nitrogen and oxygen atoms in total. The van der Waals surface area contributed by atoms with Crippen molar-refractivity contribution in [2.24, 2.45) is 0 Å². The molecule has 0 spiro atoms. The number of aromatic nitrogens is 3. The normalized spacial score (nSPS) is 12.4. The van der Waals surface area contributed by atoms with Crippen molar-refractivity contribution in [2.45, 2.75) is 26.3 Å². The minimum absolute atomic E-state index is 0.00597. The van der Waals surface area contributed by atoms with Gasteiger partial charge in [-0.15, -0.1) is 0 Å². The smallest absolute Gasteiger partial charge is 0.124 e. The molecule has 0 aliphatic carbocycles. The molecule has 1 aromatic heterocycles. The fourth-order valence-corrected chi connectivity index (χ4v) is 2.09. The number of ether oxygens (including phenoxy) is 1. The molecule has 0 saturated carbocycles. The van der Waals surface area contributed by atoms with Gasteiger partial charge >= 0.3 is 0 Å². The molecule has 2 N–H and O–H groups in total. The second-order valence-corrected chi connectivity index (χ2v) is 4.53. The minimum atomic E-state index is -0.00597. The third-order valence-electron chi connectivity index (χ3n) is 3.02. The average molecular weight is 260 g/mol. The van der Waals surface area contributed by atoms with Crippen LogP contribution in [0, 0.1) is 6.92 Å². The zero-order chi connectivity index (χ0) is 13.7. The number of methoxy groups -OCH3 is 1. The van der Waals surface area contributed by atoms with Gasteiger partial charge in [-0.3, -0.25) is 0 Å². The summed E-state index contributed by atoms with van der Waals surface area (Å²) in [5, 5.41) is 14.2. The molecular formula is C14H20N4O. The van der Waals surface area contributed by atoms with E-state index in [-0.39, 0.29) is 6.04 Å². The van der Waals surface area contributed by atoms with Crippen molar-refractivity contribution in [3.8, 4) is 5.75 Å². The highest BCUT2D eigenvalue weighted by atomic mass is 16.5. The first-order chi connectivity index (χ1) is 9.26. The summed E-state index contributed by atoms with van der Waals surface area (Å²) in [6.07, 6.45) is 2.80. The summed E-state index contributed by atoms with van der Waals surface area (Å²) in [6.45, 7) is 5.12. The molecule has 1 heterocycles. The van der Waals surface area contributed by atoms with Gasteiger partial charge in [0.25, 0.3) is 0 Å². The Balaban J connectivity index is 2.39. The molecule has 0 bridgehead atoms. The van der Waals surface area contributed by atoms with E-state index in [4.69, 9.17) is 4.74 Å². The van der Waals surface area contributed by atoms with Crippen LogP contribution in [0.1, 0.15) is 36.2 Å².